The number of halogens is 1. The minimum absolute atomic E-state index is 0.0330. The van der Waals surface area contributed by atoms with E-state index in [9.17, 15) is 9.18 Å². The van der Waals surface area contributed by atoms with E-state index in [1.807, 2.05) is 32.8 Å². The molecule has 0 aliphatic heterocycles. The Morgan fingerprint density at radius 2 is 2.00 bits per heavy atom. The highest BCUT2D eigenvalue weighted by Gasteiger charge is 2.21. The number of likely N-dealkylation sites (N-methyl/N-ethyl adjacent to an activating group) is 2. The summed E-state index contributed by atoms with van der Waals surface area (Å²) in [6.07, 6.45) is 0. The fraction of sp³-hybridized carbons (Fsp3) is 0.533. The number of amides is 1. The van der Waals surface area contributed by atoms with E-state index in [-0.39, 0.29) is 17.8 Å². The number of hydrogen-bond acceptors (Lipinski definition) is 2. The van der Waals surface area contributed by atoms with Gasteiger partial charge < -0.3 is 9.80 Å². The molecule has 0 spiro atoms. The molecule has 0 aliphatic rings. The standard InChI is InChI=1S/C15H23FN2O/c1-6-18(12(3)10-17(4)5)15(19)14-8-7-13(16)9-11(14)2/h7-9,12H,6,10H2,1-5H3. The van der Waals surface area contributed by atoms with Crippen molar-refractivity contribution in [3.05, 3.63) is 35.1 Å². The van der Waals surface area contributed by atoms with Crippen molar-refractivity contribution in [1.82, 2.24) is 9.80 Å². The summed E-state index contributed by atoms with van der Waals surface area (Å²) in [6.45, 7) is 7.20. The molecular formula is C15H23FN2O. The van der Waals surface area contributed by atoms with Gasteiger partial charge in [-0.1, -0.05) is 0 Å². The Balaban J connectivity index is 2.95. The van der Waals surface area contributed by atoms with Crippen LogP contribution in [0.2, 0.25) is 0 Å². The highest BCUT2D eigenvalue weighted by Crippen LogP contribution is 2.15. The zero-order chi connectivity index (χ0) is 14.6. The molecule has 0 saturated heterocycles. The average molecular weight is 266 g/mol. The van der Waals surface area contributed by atoms with Crippen LogP contribution in [0.5, 0.6) is 0 Å². The lowest BCUT2D eigenvalue weighted by atomic mass is 10.1. The Kier molecular flexibility index (Phi) is 5.48. The van der Waals surface area contributed by atoms with Gasteiger partial charge in [0.2, 0.25) is 0 Å². The van der Waals surface area contributed by atoms with Crippen molar-refractivity contribution in [2.75, 3.05) is 27.2 Å². The summed E-state index contributed by atoms with van der Waals surface area (Å²) in [6, 6.07) is 4.43. The van der Waals surface area contributed by atoms with Crippen molar-refractivity contribution in [3.8, 4) is 0 Å². The molecule has 0 N–H and O–H groups in total. The first-order valence-electron chi connectivity index (χ1n) is 6.58. The average Bonchev–Trinajstić information content (AvgIpc) is 2.28. The molecule has 1 unspecified atom stereocenters. The summed E-state index contributed by atoms with van der Waals surface area (Å²) < 4.78 is 13.1. The van der Waals surface area contributed by atoms with Crippen molar-refractivity contribution in [2.24, 2.45) is 0 Å². The molecule has 1 rings (SSSR count). The molecule has 1 aromatic rings. The molecule has 0 saturated carbocycles. The molecule has 106 valence electrons. The predicted octanol–water partition coefficient (Wildman–Crippen LogP) is 2.55. The number of nitrogens with zero attached hydrogens (tertiary/aromatic N) is 2. The first-order valence-corrected chi connectivity index (χ1v) is 6.58. The van der Waals surface area contributed by atoms with Crippen molar-refractivity contribution < 1.29 is 9.18 Å². The lowest BCUT2D eigenvalue weighted by Crippen LogP contribution is -2.43. The van der Waals surface area contributed by atoms with Crippen LogP contribution in [0.4, 0.5) is 4.39 Å². The molecule has 1 aromatic carbocycles. The topological polar surface area (TPSA) is 23.6 Å². The lowest BCUT2D eigenvalue weighted by molar-refractivity contribution is 0.0678. The zero-order valence-corrected chi connectivity index (χ0v) is 12.4. The summed E-state index contributed by atoms with van der Waals surface area (Å²) in [5.74, 6) is -0.340. The molecule has 0 fully saturated rings. The molecule has 4 heteroatoms. The van der Waals surface area contributed by atoms with Gasteiger partial charge in [-0.25, -0.2) is 4.39 Å². The lowest BCUT2D eigenvalue weighted by Gasteiger charge is -2.30. The molecule has 0 heterocycles. The van der Waals surface area contributed by atoms with E-state index in [0.29, 0.717) is 17.7 Å². The number of benzene rings is 1. The van der Waals surface area contributed by atoms with Crippen LogP contribution in [-0.2, 0) is 0 Å². The van der Waals surface area contributed by atoms with E-state index in [0.717, 1.165) is 6.54 Å². The number of carbonyl (C=O) groups is 1. The van der Waals surface area contributed by atoms with Gasteiger partial charge >= 0.3 is 0 Å². The summed E-state index contributed by atoms with van der Waals surface area (Å²) >= 11 is 0. The van der Waals surface area contributed by atoms with E-state index >= 15 is 0 Å². The molecule has 3 nitrogen and oxygen atoms in total. The minimum Gasteiger partial charge on any atom is -0.335 e. The van der Waals surface area contributed by atoms with E-state index in [1.54, 1.807) is 13.0 Å². The van der Waals surface area contributed by atoms with Crippen LogP contribution in [0.3, 0.4) is 0 Å². The third kappa shape index (κ3) is 4.03. The second kappa shape index (κ2) is 6.66. The molecular weight excluding hydrogens is 243 g/mol. The van der Waals surface area contributed by atoms with E-state index in [1.165, 1.54) is 12.1 Å². The van der Waals surface area contributed by atoms with E-state index in [4.69, 9.17) is 0 Å². The van der Waals surface area contributed by atoms with Gasteiger partial charge in [0.15, 0.2) is 0 Å². The fourth-order valence-corrected chi connectivity index (χ4v) is 2.30. The van der Waals surface area contributed by atoms with Gasteiger partial charge in [-0.2, -0.15) is 0 Å². The number of rotatable bonds is 5. The van der Waals surface area contributed by atoms with Crippen molar-refractivity contribution in [3.63, 3.8) is 0 Å². The maximum Gasteiger partial charge on any atom is 0.254 e. The Hall–Kier alpha value is -1.42. The van der Waals surface area contributed by atoms with Gasteiger partial charge in [-0.3, -0.25) is 4.79 Å². The van der Waals surface area contributed by atoms with E-state index < -0.39 is 0 Å². The van der Waals surface area contributed by atoms with E-state index in [2.05, 4.69) is 4.90 Å². The summed E-state index contributed by atoms with van der Waals surface area (Å²) in [4.78, 5) is 16.4. The summed E-state index contributed by atoms with van der Waals surface area (Å²) in [5, 5.41) is 0. The molecule has 0 radical (unpaired) electrons. The number of aryl methyl sites for hydroxylation is 1. The van der Waals surface area contributed by atoms with Crippen LogP contribution in [0.15, 0.2) is 18.2 Å². The van der Waals surface area contributed by atoms with Crippen LogP contribution >= 0.6 is 0 Å². The third-order valence-electron chi connectivity index (χ3n) is 3.18. The minimum atomic E-state index is -0.307. The van der Waals surface area contributed by atoms with Gasteiger partial charge in [0.1, 0.15) is 5.82 Å². The molecule has 0 aromatic heterocycles. The van der Waals surface area contributed by atoms with Crippen molar-refractivity contribution in [2.45, 2.75) is 26.8 Å². The predicted molar refractivity (Wildman–Crippen MR) is 75.9 cm³/mol. The molecule has 0 aliphatic carbocycles. The van der Waals surface area contributed by atoms with Gasteiger partial charge in [-0.05, 0) is 58.6 Å². The first-order chi connectivity index (χ1) is 8.86. The Labute approximate surface area is 115 Å². The molecule has 19 heavy (non-hydrogen) atoms. The monoisotopic (exact) mass is 266 g/mol. The second-order valence-corrected chi connectivity index (χ2v) is 5.16. The summed E-state index contributed by atoms with van der Waals surface area (Å²) in [7, 11) is 3.97. The van der Waals surface area contributed by atoms with Crippen LogP contribution < -0.4 is 0 Å². The van der Waals surface area contributed by atoms with Gasteiger partial charge in [-0.15, -0.1) is 0 Å². The van der Waals surface area contributed by atoms with Crippen molar-refractivity contribution in [1.29, 1.82) is 0 Å². The van der Waals surface area contributed by atoms with Gasteiger partial charge in [0, 0.05) is 24.7 Å². The van der Waals surface area contributed by atoms with Crippen LogP contribution in [0.25, 0.3) is 0 Å². The van der Waals surface area contributed by atoms with Gasteiger partial charge in [0.05, 0.1) is 0 Å². The normalized spacial score (nSPS) is 12.6. The SMILES string of the molecule is CCN(C(=O)c1ccc(F)cc1C)C(C)CN(C)C. The summed E-state index contributed by atoms with van der Waals surface area (Å²) in [5.41, 5.74) is 1.26. The van der Waals surface area contributed by atoms with Crippen LogP contribution in [-0.4, -0.2) is 48.9 Å². The maximum atomic E-state index is 13.1. The van der Waals surface area contributed by atoms with Gasteiger partial charge in [0.25, 0.3) is 5.91 Å². The zero-order valence-electron chi connectivity index (χ0n) is 12.4. The quantitative estimate of drug-likeness (QED) is 0.817. The maximum absolute atomic E-state index is 13.1. The van der Waals surface area contributed by atoms with Crippen LogP contribution in [0.1, 0.15) is 29.8 Å². The molecule has 1 atom stereocenters. The third-order valence-corrected chi connectivity index (χ3v) is 3.18. The van der Waals surface area contributed by atoms with Crippen molar-refractivity contribution >= 4 is 5.91 Å². The number of hydrogen-bond donors (Lipinski definition) is 0. The molecule has 1 amide bonds. The Morgan fingerprint density at radius 3 is 2.47 bits per heavy atom. The highest BCUT2D eigenvalue weighted by atomic mass is 19.1. The number of carbonyl (C=O) groups excluding carboxylic acids is 1. The van der Waals surface area contributed by atoms with Crippen LogP contribution in [0, 0.1) is 12.7 Å². The smallest absolute Gasteiger partial charge is 0.254 e. The second-order valence-electron chi connectivity index (χ2n) is 5.16. The fourth-order valence-electron chi connectivity index (χ4n) is 2.30. The first kappa shape index (κ1) is 15.6. The largest absolute Gasteiger partial charge is 0.335 e. The Morgan fingerprint density at radius 1 is 1.37 bits per heavy atom. The highest BCUT2D eigenvalue weighted by molar-refractivity contribution is 5.95. The molecule has 0 bridgehead atoms. The Bertz CT molecular complexity index is 446.